The van der Waals surface area contributed by atoms with Gasteiger partial charge < -0.3 is 19.7 Å². The van der Waals surface area contributed by atoms with Gasteiger partial charge in [0.15, 0.2) is 0 Å². The molecule has 162 valence electrons. The lowest BCUT2D eigenvalue weighted by Gasteiger charge is -2.32. The highest BCUT2D eigenvalue weighted by atomic mass is 35.5. The maximum atomic E-state index is 13.3. The summed E-state index contributed by atoms with van der Waals surface area (Å²) in [7, 11) is 4.05. The minimum atomic E-state index is -0.0474. The van der Waals surface area contributed by atoms with Gasteiger partial charge in [-0.15, -0.1) is 0 Å². The Bertz CT molecular complexity index is 930. The topological polar surface area (TPSA) is 57.6 Å². The zero-order valence-electron chi connectivity index (χ0n) is 18.3. The predicted octanol–water partition coefficient (Wildman–Crippen LogP) is 2.93. The van der Waals surface area contributed by atoms with Crippen LogP contribution in [0.5, 0.6) is 0 Å². The van der Waals surface area contributed by atoms with Crippen molar-refractivity contribution in [2.45, 2.75) is 33.2 Å². The number of likely N-dealkylation sites (N-methyl/N-ethyl adjacent to an activating group) is 1. The van der Waals surface area contributed by atoms with E-state index in [4.69, 9.17) is 11.6 Å². The number of piperazine rings is 1. The molecular weight excluding hydrogens is 400 g/mol. The molecule has 30 heavy (non-hydrogen) atoms. The van der Waals surface area contributed by atoms with Crippen molar-refractivity contribution >= 4 is 23.4 Å². The number of rotatable bonds is 6. The summed E-state index contributed by atoms with van der Waals surface area (Å²) in [6, 6.07) is 7.49. The molecule has 1 aromatic carbocycles. The molecule has 1 aromatic heterocycles. The Morgan fingerprint density at radius 2 is 1.70 bits per heavy atom. The van der Waals surface area contributed by atoms with Crippen molar-refractivity contribution in [2.24, 2.45) is 7.05 Å². The lowest BCUT2D eigenvalue weighted by molar-refractivity contribution is -0.121. The predicted molar refractivity (Wildman–Crippen MR) is 120 cm³/mol. The van der Waals surface area contributed by atoms with E-state index < -0.39 is 0 Å². The number of amides is 2. The Balaban J connectivity index is 1.68. The summed E-state index contributed by atoms with van der Waals surface area (Å²) >= 11 is 6.16. The summed E-state index contributed by atoms with van der Waals surface area (Å²) in [6.07, 6.45) is 0.869. The third-order valence-electron chi connectivity index (χ3n) is 6.15. The summed E-state index contributed by atoms with van der Waals surface area (Å²) in [4.78, 5) is 29.9. The third-order valence-corrected chi connectivity index (χ3v) is 6.52. The number of nitrogens with one attached hydrogen (secondary N) is 1. The van der Waals surface area contributed by atoms with Crippen molar-refractivity contribution in [3.05, 3.63) is 57.4 Å². The Kier molecular flexibility index (Phi) is 7.21. The number of nitrogens with zero attached hydrogens (tertiary/aromatic N) is 3. The van der Waals surface area contributed by atoms with Crippen LogP contribution >= 0.6 is 11.6 Å². The largest absolute Gasteiger partial charge is 0.352 e. The number of carbonyl (C=O) groups is 2. The van der Waals surface area contributed by atoms with E-state index in [2.05, 4.69) is 21.8 Å². The van der Waals surface area contributed by atoms with Crippen LogP contribution in [0.1, 0.15) is 39.3 Å². The van der Waals surface area contributed by atoms with Crippen LogP contribution in [-0.2, 0) is 24.8 Å². The molecule has 0 spiro atoms. The SMILES string of the molecule is Cc1c(CCC(=O)NCc2ccccc2Cl)c(C(=O)N2CCN(C)CC2)c(C)n1C. The van der Waals surface area contributed by atoms with E-state index in [0.717, 1.165) is 54.3 Å². The normalized spacial score (nSPS) is 14.8. The maximum Gasteiger partial charge on any atom is 0.256 e. The highest BCUT2D eigenvalue weighted by molar-refractivity contribution is 6.31. The van der Waals surface area contributed by atoms with Crippen LogP contribution in [0.2, 0.25) is 5.02 Å². The number of carbonyl (C=O) groups excluding carboxylic acids is 2. The van der Waals surface area contributed by atoms with E-state index in [1.165, 1.54) is 0 Å². The molecule has 3 rings (SSSR count). The first-order valence-corrected chi connectivity index (χ1v) is 10.8. The van der Waals surface area contributed by atoms with Gasteiger partial charge >= 0.3 is 0 Å². The molecule has 0 atom stereocenters. The molecule has 2 heterocycles. The fourth-order valence-corrected chi connectivity index (χ4v) is 4.14. The van der Waals surface area contributed by atoms with Crippen molar-refractivity contribution in [2.75, 3.05) is 33.2 Å². The first-order valence-electron chi connectivity index (χ1n) is 10.4. The van der Waals surface area contributed by atoms with Crippen molar-refractivity contribution < 1.29 is 9.59 Å². The fourth-order valence-electron chi connectivity index (χ4n) is 3.94. The second-order valence-corrected chi connectivity index (χ2v) is 8.45. The number of hydrogen-bond donors (Lipinski definition) is 1. The van der Waals surface area contributed by atoms with Gasteiger partial charge in [0, 0.05) is 62.6 Å². The van der Waals surface area contributed by atoms with E-state index >= 15 is 0 Å². The number of hydrogen-bond acceptors (Lipinski definition) is 3. The van der Waals surface area contributed by atoms with Crippen molar-refractivity contribution in [3.8, 4) is 0 Å². The van der Waals surface area contributed by atoms with Crippen molar-refractivity contribution in [1.82, 2.24) is 19.7 Å². The minimum Gasteiger partial charge on any atom is -0.352 e. The lowest BCUT2D eigenvalue weighted by Crippen LogP contribution is -2.47. The number of benzene rings is 1. The van der Waals surface area contributed by atoms with Gasteiger partial charge in [0.1, 0.15) is 0 Å². The summed E-state index contributed by atoms with van der Waals surface area (Å²) in [6.45, 7) is 7.65. The van der Waals surface area contributed by atoms with Crippen LogP contribution in [0.4, 0.5) is 0 Å². The van der Waals surface area contributed by atoms with Gasteiger partial charge in [0.05, 0.1) is 5.56 Å². The molecule has 1 aliphatic rings. The molecule has 6 nitrogen and oxygen atoms in total. The van der Waals surface area contributed by atoms with E-state index in [-0.39, 0.29) is 11.8 Å². The summed E-state index contributed by atoms with van der Waals surface area (Å²) in [5, 5.41) is 3.58. The molecule has 1 fully saturated rings. The minimum absolute atomic E-state index is 0.0474. The smallest absolute Gasteiger partial charge is 0.256 e. The standard InChI is InChI=1S/C23H31ClN4O2/c1-16-19(9-10-21(29)25-15-18-7-5-6-8-20(18)24)22(17(2)27(16)4)23(30)28-13-11-26(3)12-14-28/h5-8H,9-15H2,1-4H3,(H,25,29). The average Bonchev–Trinajstić information content (AvgIpc) is 2.95. The van der Waals surface area contributed by atoms with Gasteiger partial charge in [-0.2, -0.15) is 0 Å². The van der Waals surface area contributed by atoms with Gasteiger partial charge in [0.2, 0.25) is 5.91 Å². The van der Waals surface area contributed by atoms with Crippen molar-refractivity contribution in [1.29, 1.82) is 0 Å². The van der Waals surface area contributed by atoms with Crippen LogP contribution in [0.15, 0.2) is 24.3 Å². The Hall–Kier alpha value is -2.31. The highest BCUT2D eigenvalue weighted by Gasteiger charge is 2.27. The van der Waals surface area contributed by atoms with Gasteiger partial charge in [-0.05, 0) is 44.5 Å². The molecule has 1 aliphatic heterocycles. The maximum absolute atomic E-state index is 13.3. The molecular formula is C23H31ClN4O2. The van der Waals surface area contributed by atoms with Gasteiger partial charge in [0.25, 0.3) is 5.91 Å². The number of halogens is 1. The Morgan fingerprint density at radius 3 is 2.37 bits per heavy atom. The summed E-state index contributed by atoms with van der Waals surface area (Å²) in [5.74, 6) is 0.0320. The number of aromatic nitrogens is 1. The fraction of sp³-hybridized carbons (Fsp3) is 0.478. The van der Waals surface area contributed by atoms with Gasteiger partial charge in [-0.1, -0.05) is 29.8 Å². The molecule has 0 radical (unpaired) electrons. The van der Waals surface area contributed by atoms with Crippen LogP contribution in [-0.4, -0.2) is 59.4 Å². The van der Waals surface area contributed by atoms with Crippen LogP contribution in [0.25, 0.3) is 0 Å². The molecule has 0 bridgehead atoms. The van der Waals surface area contributed by atoms with Gasteiger partial charge in [-0.3, -0.25) is 9.59 Å². The monoisotopic (exact) mass is 430 g/mol. The Labute approximate surface area is 183 Å². The van der Waals surface area contributed by atoms with E-state index in [1.54, 1.807) is 0 Å². The van der Waals surface area contributed by atoms with Crippen molar-refractivity contribution in [3.63, 3.8) is 0 Å². The quantitative estimate of drug-likeness (QED) is 0.766. The first kappa shape index (κ1) is 22.4. The second-order valence-electron chi connectivity index (χ2n) is 8.05. The zero-order chi connectivity index (χ0) is 21.8. The average molecular weight is 431 g/mol. The first-order chi connectivity index (χ1) is 14.3. The molecule has 0 unspecified atom stereocenters. The van der Waals surface area contributed by atoms with Gasteiger partial charge in [-0.25, -0.2) is 0 Å². The molecule has 0 saturated carbocycles. The van der Waals surface area contributed by atoms with Crippen LogP contribution in [0.3, 0.4) is 0 Å². The van der Waals surface area contributed by atoms with E-state index in [1.807, 2.05) is 50.1 Å². The molecule has 2 aromatic rings. The molecule has 1 N–H and O–H groups in total. The molecule has 7 heteroatoms. The molecule has 2 amide bonds. The zero-order valence-corrected chi connectivity index (χ0v) is 19.1. The highest BCUT2D eigenvalue weighted by Crippen LogP contribution is 2.25. The third kappa shape index (κ3) is 4.87. The van der Waals surface area contributed by atoms with Crippen LogP contribution in [0, 0.1) is 13.8 Å². The summed E-state index contributed by atoms with van der Waals surface area (Å²) < 4.78 is 2.06. The molecule has 1 saturated heterocycles. The van der Waals surface area contributed by atoms with E-state index in [9.17, 15) is 9.59 Å². The second kappa shape index (κ2) is 9.67. The Morgan fingerprint density at radius 1 is 1.03 bits per heavy atom. The van der Waals surface area contributed by atoms with Crippen LogP contribution < -0.4 is 5.32 Å². The van der Waals surface area contributed by atoms with E-state index in [0.29, 0.717) is 24.4 Å². The molecule has 0 aliphatic carbocycles. The summed E-state index contributed by atoms with van der Waals surface area (Å²) in [5.41, 5.74) is 4.64. The lowest BCUT2D eigenvalue weighted by atomic mass is 10.0.